The Balaban J connectivity index is 4.59. The van der Waals surface area contributed by atoms with Crippen molar-refractivity contribution in [3.8, 4) is 0 Å². The average Bonchev–Trinajstić information content (AvgIpc) is 2.57. The van der Waals surface area contributed by atoms with Gasteiger partial charge in [-0.15, -0.1) is 0 Å². The third-order valence-electron chi connectivity index (χ3n) is 6.08. The van der Waals surface area contributed by atoms with E-state index in [1.807, 2.05) is 48.5 Å². The fourth-order valence-corrected chi connectivity index (χ4v) is 3.68. The average molecular weight is 399 g/mol. The molecule has 0 aliphatic rings. The van der Waals surface area contributed by atoms with Crippen molar-refractivity contribution in [1.82, 2.24) is 10.6 Å². The quantitative estimate of drug-likeness (QED) is 0.374. The number of carbonyl (C=O) groups is 3. The Kier molecular flexibility index (Phi) is 10.7. The van der Waals surface area contributed by atoms with E-state index in [1.165, 1.54) is 0 Å². The Labute approximate surface area is 170 Å². The molecular weight excluding hydrogens is 356 g/mol. The summed E-state index contributed by atoms with van der Waals surface area (Å²) in [5.41, 5.74) is 10.3. The van der Waals surface area contributed by atoms with Crippen molar-refractivity contribution in [3.05, 3.63) is 0 Å². The van der Waals surface area contributed by atoms with Gasteiger partial charge in [0.15, 0.2) is 0 Å². The minimum absolute atomic E-state index is 0.00791. The van der Waals surface area contributed by atoms with E-state index in [4.69, 9.17) is 11.5 Å². The van der Waals surface area contributed by atoms with Crippen molar-refractivity contribution in [3.63, 3.8) is 0 Å². The lowest BCUT2D eigenvalue weighted by Crippen LogP contribution is -2.48. The second kappa shape index (κ2) is 11.4. The van der Waals surface area contributed by atoms with Crippen LogP contribution in [0.2, 0.25) is 0 Å². The van der Waals surface area contributed by atoms with Crippen LogP contribution in [0, 0.1) is 28.6 Å². The molecule has 6 N–H and O–H groups in total. The van der Waals surface area contributed by atoms with Crippen LogP contribution in [0.15, 0.2) is 0 Å². The molecule has 7 nitrogen and oxygen atoms in total. The van der Waals surface area contributed by atoms with Crippen molar-refractivity contribution in [2.75, 3.05) is 19.6 Å². The lowest BCUT2D eigenvalue weighted by molar-refractivity contribution is -0.136. The summed E-state index contributed by atoms with van der Waals surface area (Å²) in [7, 11) is 0. The summed E-state index contributed by atoms with van der Waals surface area (Å²) in [6, 6.07) is 0. The van der Waals surface area contributed by atoms with Crippen molar-refractivity contribution in [2.45, 2.75) is 67.7 Å². The van der Waals surface area contributed by atoms with E-state index in [1.54, 1.807) is 0 Å². The van der Waals surface area contributed by atoms with E-state index in [0.717, 1.165) is 19.3 Å². The van der Waals surface area contributed by atoms with Gasteiger partial charge < -0.3 is 22.1 Å². The summed E-state index contributed by atoms with van der Waals surface area (Å²) in [5.74, 6) is -1.09. The Hall–Kier alpha value is -1.63. The van der Waals surface area contributed by atoms with Crippen LogP contribution in [0.4, 0.5) is 0 Å². The molecule has 164 valence electrons. The standard InChI is InChI=1S/C21H42N4O3/c1-14(17(18(23)27)20(3,4)5)21(6,7)15(2)19(28)25-12-10-8-9-11-24-16(26)13-22/h14-15,17H,8-13,22H2,1-7H3,(H2,23,27)(H,24,26)(H,25,28). The molecule has 0 fully saturated rings. The molecule has 3 unspecified atom stereocenters. The topological polar surface area (TPSA) is 127 Å². The van der Waals surface area contributed by atoms with Crippen molar-refractivity contribution in [2.24, 2.45) is 40.1 Å². The van der Waals surface area contributed by atoms with Crippen molar-refractivity contribution >= 4 is 17.7 Å². The highest BCUT2D eigenvalue weighted by atomic mass is 16.2. The highest BCUT2D eigenvalue weighted by molar-refractivity contribution is 5.80. The molecule has 28 heavy (non-hydrogen) atoms. The molecule has 0 radical (unpaired) electrons. The van der Waals surface area contributed by atoms with Crippen LogP contribution in [-0.2, 0) is 14.4 Å². The van der Waals surface area contributed by atoms with Crippen LogP contribution in [-0.4, -0.2) is 37.4 Å². The number of unbranched alkanes of at least 4 members (excludes halogenated alkanes) is 2. The summed E-state index contributed by atoms with van der Waals surface area (Å²) in [4.78, 5) is 35.8. The summed E-state index contributed by atoms with van der Waals surface area (Å²) in [6.07, 6.45) is 2.61. The zero-order valence-electron chi connectivity index (χ0n) is 18.9. The maximum Gasteiger partial charge on any atom is 0.233 e. The van der Waals surface area contributed by atoms with Gasteiger partial charge in [0.1, 0.15) is 0 Å². The minimum Gasteiger partial charge on any atom is -0.369 e. The Morgan fingerprint density at radius 3 is 1.82 bits per heavy atom. The van der Waals surface area contributed by atoms with Gasteiger partial charge in [0.2, 0.25) is 17.7 Å². The highest BCUT2D eigenvalue weighted by Crippen LogP contribution is 2.45. The lowest BCUT2D eigenvalue weighted by Gasteiger charge is -2.44. The molecule has 0 aromatic carbocycles. The van der Waals surface area contributed by atoms with Crippen LogP contribution < -0.4 is 22.1 Å². The predicted octanol–water partition coefficient (Wildman–Crippen LogP) is 1.79. The first-order valence-electron chi connectivity index (χ1n) is 10.3. The number of nitrogens with one attached hydrogen (secondary N) is 2. The fraction of sp³-hybridized carbons (Fsp3) is 0.857. The van der Waals surface area contributed by atoms with Gasteiger partial charge in [0.25, 0.3) is 0 Å². The van der Waals surface area contributed by atoms with Crippen molar-refractivity contribution in [1.29, 1.82) is 0 Å². The van der Waals surface area contributed by atoms with Crippen LogP contribution in [0.25, 0.3) is 0 Å². The maximum atomic E-state index is 12.7. The number of carbonyl (C=O) groups excluding carboxylic acids is 3. The Bertz CT molecular complexity index is 526. The molecule has 3 amide bonds. The molecule has 0 spiro atoms. The second-order valence-corrected chi connectivity index (χ2v) is 9.48. The number of hydrogen-bond donors (Lipinski definition) is 4. The van der Waals surface area contributed by atoms with E-state index in [2.05, 4.69) is 10.6 Å². The predicted molar refractivity (Wildman–Crippen MR) is 113 cm³/mol. The van der Waals surface area contributed by atoms with Gasteiger partial charge in [-0.05, 0) is 36.0 Å². The number of rotatable bonds is 12. The van der Waals surface area contributed by atoms with Gasteiger partial charge in [-0.3, -0.25) is 14.4 Å². The number of nitrogens with two attached hydrogens (primary N) is 2. The van der Waals surface area contributed by atoms with E-state index < -0.39 is 0 Å². The molecule has 7 heteroatoms. The molecule has 3 atom stereocenters. The first-order chi connectivity index (χ1) is 12.8. The Morgan fingerprint density at radius 2 is 1.39 bits per heavy atom. The largest absolute Gasteiger partial charge is 0.369 e. The number of hydrogen-bond acceptors (Lipinski definition) is 4. The fourth-order valence-electron chi connectivity index (χ4n) is 3.68. The zero-order valence-corrected chi connectivity index (χ0v) is 18.9. The van der Waals surface area contributed by atoms with Crippen LogP contribution in [0.5, 0.6) is 0 Å². The lowest BCUT2D eigenvalue weighted by atomic mass is 9.60. The molecule has 0 rings (SSSR count). The van der Waals surface area contributed by atoms with E-state index >= 15 is 0 Å². The smallest absolute Gasteiger partial charge is 0.233 e. The molecule has 0 saturated carbocycles. The highest BCUT2D eigenvalue weighted by Gasteiger charge is 2.45. The molecule has 0 aromatic rings. The first kappa shape index (κ1) is 26.4. The molecular formula is C21H42N4O3. The molecule has 0 saturated heterocycles. The third-order valence-corrected chi connectivity index (χ3v) is 6.08. The van der Waals surface area contributed by atoms with E-state index in [0.29, 0.717) is 13.1 Å². The van der Waals surface area contributed by atoms with Gasteiger partial charge in [0, 0.05) is 24.9 Å². The SMILES string of the molecule is CC(C(=O)NCCCCCNC(=O)CN)C(C)(C)C(C)C(C(N)=O)C(C)(C)C. The molecule has 0 aromatic heterocycles. The summed E-state index contributed by atoms with van der Waals surface area (Å²) in [5, 5.41) is 5.72. The first-order valence-corrected chi connectivity index (χ1v) is 10.3. The van der Waals surface area contributed by atoms with Gasteiger partial charge in [-0.25, -0.2) is 0 Å². The third kappa shape index (κ3) is 8.17. The van der Waals surface area contributed by atoms with Gasteiger partial charge in [-0.1, -0.05) is 48.5 Å². The number of primary amides is 1. The van der Waals surface area contributed by atoms with Gasteiger partial charge in [0.05, 0.1) is 6.54 Å². The van der Waals surface area contributed by atoms with Crippen LogP contribution >= 0.6 is 0 Å². The monoisotopic (exact) mass is 398 g/mol. The molecule has 0 bridgehead atoms. The summed E-state index contributed by atoms with van der Waals surface area (Å²) in [6.45, 7) is 15.2. The van der Waals surface area contributed by atoms with Crippen LogP contribution in [0.1, 0.15) is 67.7 Å². The normalized spacial score (nSPS) is 15.4. The second-order valence-electron chi connectivity index (χ2n) is 9.48. The zero-order chi connectivity index (χ0) is 22.1. The molecule has 0 aliphatic carbocycles. The Morgan fingerprint density at radius 1 is 0.893 bits per heavy atom. The maximum absolute atomic E-state index is 12.7. The van der Waals surface area contributed by atoms with Crippen LogP contribution in [0.3, 0.4) is 0 Å². The number of amides is 3. The van der Waals surface area contributed by atoms with Gasteiger partial charge in [-0.2, -0.15) is 0 Å². The van der Waals surface area contributed by atoms with Gasteiger partial charge >= 0.3 is 0 Å². The van der Waals surface area contributed by atoms with E-state index in [9.17, 15) is 14.4 Å². The summed E-state index contributed by atoms with van der Waals surface area (Å²) < 4.78 is 0. The molecule has 0 aliphatic heterocycles. The summed E-state index contributed by atoms with van der Waals surface area (Å²) >= 11 is 0. The van der Waals surface area contributed by atoms with Crippen molar-refractivity contribution < 1.29 is 14.4 Å². The minimum atomic E-state index is -0.385. The van der Waals surface area contributed by atoms with E-state index in [-0.39, 0.29) is 52.8 Å². The molecule has 0 heterocycles.